The third kappa shape index (κ3) is 7.44. The Morgan fingerprint density at radius 2 is 0.725 bits per heavy atom. The number of hydrogen-bond acceptors (Lipinski definition) is 4. The second-order valence-corrected chi connectivity index (χ2v) is 11.4. The average Bonchev–Trinajstić information content (AvgIpc) is 3.01. The third-order valence-electron chi connectivity index (χ3n) is 6.10. The first-order chi connectivity index (χ1) is 19.7. The molecule has 2 N–H and O–H groups in total. The van der Waals surface area contributed by atoms with Gasteiger partial charge >= 0.3 is 0 Å². The Balaban J connectivity index is 1.28. The van der Waals surface area contributed by atoms with Gasteiger partial charge in [0.05, 0.1) is 0 Å². The fourth-order valence-corrected chi connectivity index (χ4v) is 6.22. The summed E-state index contributed by atoms with van der Waals surface area (Å²) in [5, 5.41) is 5.27. The molecule has 0 spiro atoms. The van der Waals surface area contributed by atoms with Crippen molar-refractivity contribution in [1.29, 1.82) is 0 Å². The molecule has 40 heavy (non-hydrogen) atoms. The summed E-state index contributed by atoms with van der Waals surface area (Å²) < 4.78 is 0. The van der Waals surface area contributed by atoms with Crippen LogP contribution < -0.4 is 10.6 Å². The summed E-state index contributed by atoms with van der Waals surface area (Å²) in [5.41, 5.74) is 3.19. The van der Waals surface area contributed by atoms with Crippen molar-refractivity contribution in [3.63, 3.8) is 0 Å². The highest BCUT2D eigenvalue weighted by Crippen LogP contribution is 2.37. The van der Waals surface area contributed by atoms with E-state index in [1.54, 1.807) is 0 Å². The molecule has 198 valence electrons. The highest BCUT2D eigenvalue weighted by atomic mass is 32.2. The molecule has 5 rings (SSSR count). The molecule has 0 aliphatic rings. The van der Waals surface area contributed by atoms with Crippen LogP contribution in [0.4, 0.5) is 11.4 Å². The predicted molar refractivity (Wildman–Crippen MR) is 167 cm³/mol. The molecule has 5 aromatic rings. The number of carbonyl (C=O) groups excluding carboxylic acids is 2. The summed E-state index contributed by atoms with van der Waals surface area (Å²) in [5.74, 6) is -0.222. The van der Waals surface area contributed by atoms with Crippen molar-refractivity contribution < 1.29 is 9.59 Å². The molecule has 0 aliphatic heterocycles. The lowest BCUT2D eigenvalue weighted by molar-refractivity contribution is -0.116. The standard InChI is InChI=1S/C34H28N2O2S2/c37-33(31(25-13-5-1-6-14-25)39-29-17-9-3-10-18-29)35-27-21-23-28(24-22-27)36-34(38)32(26-15-7-2-8-16-26)40-30-19-11-4-12-20-30/h1-24,31-32H,(H,35,37)(H,36,38). The monoisotopic (exact) mass is 560 g/mol. The normalized spacial score (nSPS) is 12.2. The lowest BCUT2D eigenvalue weighted by Gasteiger charge is -2.18. The molecule has 2 atom stereocenters. The third-order valence-corrected chi connectivity index (χ3v) is 8.63. The van der Waals surface area contributed by atoms with E-state index in [1.807, 2.05) is 146 Å². The van der Waals surface area contributed by atoms with Crippen LogP contribution >= 0.6 is 23.5 Å². The molecule has 5 aromatic carbocycles. The largest absolute Gasteiger partial charge is 0.325 e. The van der Waals surface area contributed by atoms with Crippen molar-refractivity contribution in [2.45, 2.75) is 20.3 Å². The van der Waals surface area contributed by atoms with Crippen LogP contribution in [0.1, 0.15) is 21.6 Å². The zero-order valence-corrected chi connectivity index (χ0v) is 23.3. The quantitative estimate of drug-likeness (QED) is 0.168. The van der Waals surface area contributed by atoms with Gasteiger partial charge in [0.1, 0.15) is 10.5 Å². The molecule has 0 fully saturated rings. The van der Waals surface area contributed by atoms with Crippen LogP contribution in [0.2, 0.25) is 0 Å². The van der Waals surface area contributed by atoms with Crippen molar-refractivity contribution in [3.05, 3.63) is 157 Å². The number of anilines is 2. The molecule has 0 heterocycles. The Morgan fingerprint density at radius 3 is 1.05 bits per heavy atom. The number of carbonyl (C=O) groups is 2. The van der Waals surface area contributed by atoms with Gasteiger partial charge in [-0.3, -0.25) is 9.59 Å². The van der Waals surface area contributed by atoms with Gasteiger partial charge in [-0.15, -0.1) is 23.5 Å². The molecular weight excluding hydrogens is 533 g/mol. The molecule has 2 unspecified atom stereocenters. The molecule has 0 saturated heterocycles. The van der Waals surface area contributed by atoms with Crippen LogP contribution in [0.5, 0.6) is 0 Å². The van der Waals surface area contributed by atoms with E-state index in [0.717, 1.165) is 20.9 Å². The zero-order chi connectivity index (χ0) is 27.6. The highest BCUT2D eigenvalue weighted by Gasteiger charge is 2.23. The van der Waals surface area contributed by atoms with Crippen LogP contribution in [-0.2, 0) is 9.59 Å². The minimum absolute atomic E-state index is 0.111. The minimum Gasteiger partial charge on any atom is -0.325 e. The zero-order valence-electron chi connectivity index (χ0n) is 21.6. The fourth-order valence-electron chi connectivity index (χ4n) is 4.12. The first-order valence-electron chi connectivity index (χ1n) is 12.9. The molecule has 0 aliphatic carbocycles. The van der Waals surface area contributed by atoms with E-state index in [9.17, 15) is 9.59 Å². The van der Waals surface area contributed by atoms with E-state index in [0.29, 0.717) is 11.4 Å². The maximum atomic E-state index is 13.4. The van der Waals surface area contributed by atoms with Gasteiger partial charge in [-0.05, 0) is 59.7 Å². The molecule has 4 nitrogen and oxygen atoms in total. The van der Waals surface area contributed by atoms with E-state index in [1.165, 1.54) is 23.5 Å². The van der Waals surface area contributed by atoms with Crippen molar-refractivity contribution in [2.75, 3.05) is 10.6 Å². The van der Waals surface area contributed by atoms with Gasteiger partial charge in [0.25, 0.3) is 0 Å². The van der Waals surface area contributed by atoms with Crippen molar-refractivity contribution in [2.24, 2.45) is 0 Å². The van der Waals surface area contributed by atoms with Crippen LogP contribution in [0, 0.1) is 0 Å². The predicted octanol–water partition coefficient (Wildman–Crippen LogP) is 8.63. The summed E-state index contributed by atoms with van der Waals surface area (Å²) in [6.07, 6.45) is 0. The second kappa shape index (κ2) is 13.7. The summed E-state index contributed by atoms with van der Waals surface area (Å²) in [4.78, 5) is 28.8. The highest BCUT2D eigenvalue weighted by molar-refractivity contribution is 8.00. The Labute approximate surface area is 243 Å². The van der Waals surface area contributed by atoms with E-state index in [-0.39, 0.29) is 11.8 Å². The van der Waals surface area contributed by atoms with E-state index < -0.39 is 10.5 Å². The smallest absolute Gasteiger partial charge is 0.242 e. The van der Waals surface area contributed by atoms with Crippen LogP contribution in [0.25, 0.3) is 0 Å². The summed E-state index contributed by atoms with van der Waals surface area (Å²) >= 11 is 3.02. The summed E-state index contributed by atoms with van der Waals surface area (Å²) in [6, 6.07) is 46.6. The van der Waals surface area contributed by atoms with Crippen molar-refractivity contribution >= 4 is 46.7 Å². The molecular formula is C34H28N2O2S2. The molecule has 0 bridgehead atoms. The van der Waals surface area contributed by atoms with Gasteiger partial charge < -0.3 is 10.6 Å². The average molecular weight is 561 g/mol. The number of thioether (sulfide) groups is 2. The lowest BCUT2D eigenvalue weighted by Crippen LogP contribution is -2.20. The number of rotatable bonds is 10. The second-order valence-electron chi connectivity index (χ2n) is 9.00. The Morgan fingerprint density at radius 1 is 0.425 bits per heavy atom. The number of hydrogen-bond donors (Lipinski definition) is 2. The molecule has 6 heteroatoms. The van der Waals surface area contributed by atoms with Gasteiger partial charge in [-0.2, -0.15) is 0 Å². The Bertz CT molecular complexity index is 1400. The molecule has 0 aromatic heterocycles. The number of nitrogens with one attached hydrogen (secondary N) is 2. The van der Waals surface area contributed by atoms with Gasteiger partial charge in [0.2, 0.25) is 11.8 Å². The maximum Gasteiger partial charge on any atom is 0.242 e. The first kappa shape index (κ1) is 27.3. The van der Waals surface area contributed by atoms with Crippen LogP contribution in [-0.4, -0.2) is 11.8 Å². The molecule has 0 radical (unpaired) electrons. The SMILES string of the molecule is O=C(Nc1ccc(NC(=O)C(Sc2ccccc2)c2ccccc2)cc1)C(Sc1ccccc1)c1ccccc1. The molecule has 0 saturated carbocycles. The maximum absolute atomic E-state index is 13.4. The van der Waals surface area contributed by atoms with E-state index >= 15 is 0 Å². The van der Waals surface area contributed by atoms with Crippen molar-refractivity contribution in [3.8, 4) is 0 Å². The van der Waals surface area contributed by atoms with Gasteiger partial charge in [-0.25, -0.2) is 0 Å². The first-order valence-corrected chi connectivity index (χ1v) is 14.7. The van der Waals surface area contributed by atoms with Crippen LogP contribution in [0.15, 0.2) is 155 Å². The number of benzene rings is 5. The van der Waals surface area contributed by atoms with Gasteiger partial charge in [-0.1, -0.05) is 97.1 Å². The van der Waals surface area contributed by atoms with E-state index in [4.69, 9.17) is 0 Å². The van der Waals surface area contributed by atoms with E-state index in [2.05, 4.69) is 10.6 Å². The van der Waals surface area contributed by atoms with Crippen LogP contribution in [0.3, 0.4) is 0 Å². The topological polar surface area (TPSA) is 58.2 Å². The van der Waals surface area contributed by atoms with Gasteiger partial charge in [0, 0.05) is 21.2 Å². The van der Waals surface area contributed by atoms with Crippen molar-refractivity contribution in [1.82, 2.24) is 0 Å². The Hall–Kier alpha value is -4.26. The Kier molecular flexibility index (Phi) is 9.35. The fraction of sp³-hybridized carbons (Fsp3) is 0.0588. The lowest BCUT2D eigenvalue weighted by atomic mass is 10.1. The van der Waals surface area contributed by atoms with Gasteiger partial charge in [0.15, 0.2) is 0 Å². The summed E-state index contributed by atoms with van der Waals surface area (Å²) in [6.45, 7) is 0. The minimum atomic E-state index is -0.412. The number of amides is 2. The summed E-state index contributed by atoms with van der Waals surface area (Å²) in [7, 11) is 0. The molecule has 2 amide bonds.